The second-order valence-electron chi connectivity index (χ2n) is 7.48. The molecule has 0 spiro atoms. The SMILES string of the molecule is CC(C)(C)OC(=O)N1C2C=C(Cc3ccccc3F)CC1CC2. The fourth-order valence-corrected chi connectivity index (χ4v) is 3.54. The highest BCUT2D eigenvalue weighted by Crippen LogP contribution is 2.37. The molecule has 2 atom stereocenters. The van der Waals surface area contributed by atoms with E-state index in [1.807, 2.05) is 37.8 Å². The van der Waals surface area contributed by atoms with Crippen LogP contribution in [-0.4, -0.2) is 28.7 Å². The van der Waals surface area contributed by atoms with E-state index in [0.29, 0.717) is 6.42 Å². The monoisotopic (exact) mass is 317 g/mol. The Morgan fingerprint density at radius 3 is 2.70 bits per heavy atom. The molecule has 3 rings (SSSR count). The molecule has 2 heterocycles. The molecule has 2 aliphatic rings. The normalized spacial score (nSPS) is 23.7. The minimum atomic E-state index is -0.478. The number of hydrogen-bond acceptors (Lipinski definition) is 2. The molecular formula is C19H24FNO2. The highest BCUT2D eigenvalue weighted by Gasteiger charge is 2.41. The van der Waals surface area contributed by atoms with E-state index >= 15 is 0 Å². The van der Waals surface area contributed by atoms with Crippen LogP contribution in [0.2, 0.25) is 0 Å². The molecule has 2 aliphatic heterocycles. The summed E-state index contributed by atoms with van der Waals surface area (Å²) in [5, 5.41) is 0. The van der Waals surface area contributed by atoms with Gasteiger partial charge in [-0.05, 0) is 58.1 Å². The smallest absolute Gasteiger partial charge is 0.411 e. The third-order valence-electron chi connectivity index (χ3n) is 4.45. The van der Waals surface area contributed by atoms with E-state index in [1.54, 1.807) is 6.07 Å². The van der Waals surface area contributed by atoms with Crippen molar-refractivity contribution in [2.75, 3.05) is 0 Å². The van der Waals surface area contributed by atoms with Crippen LogP contribution in [0.25, 0.3) is 0 Å². The van der Waals surface area contributed by atoms with Crippen molar-refractivity contribution in [2.24, 2.45) is 0 Å². The fourth-order valence-electron chi connectivity index (χ4n) is 3.54. The molecule has 1 aromatic carbocycles. The minimum absolute atomic E-state index is 0.0883. The summed E-state index contributed by atoms with van der Waals surface area (Å²) in [4.78, 5) is 14.3. The van der Waals surface area contributed by atoms with Crippen LogP contribution in [0, 0.1) is 5.82 Å². The summed E-state index contributed by atoms with van der Waals surface area (Å²) in [7, 11) is 0. The first-order chi connectivity index (χ1) is 10.8. The summed E-state index contributed by atoms with van der Waals surface area (Å²) in [6.45, 7) is 5.66. The topological polar surface area (TPSA) is 29.5 Å². The van der Waals surface area contributed by atoms with Crippen LogP contribution in [0.3, 0.4) is 0 Å². The van der Waals surface area contributed by atoms with E-state index in [-0.39, 0.29) is 24.0 Å². The van der Waals surface area contributed by atoms with Gasteiger partial charge in [0.15, 0.2) is 0 Å². The summed E-state index contributed by atoms with van der Waals surface area (Å²) in [6.07, 6.45) is 5.30. The van der Waals surface area contributed by atoms with Gasteiger partial charge in [0.25, 0.3) is 0 Å². The van der Waals surface area contributed by atoms with Crippen molar-refractivity contribution >= 4 is 6.09 Å². The molecule has 3 nitrogen and oxygen atoms in total. The van der Waals surface area contributed by atoms with Gasteiger partial charge < -0.3 is 4.74 Å². The second kappa shape index (κ2) is 5.99. The molecule has 1 fully saturated rings. The Morgan fingerprint density at radius 2 is 2.04 bits per heavy atom. The van der Waals surface area contributed by atoms with Crippen LogP contribution >= 0.6 is 0 Å². The van der Waals surface area contributed by atoms with Gasteiger partial charge in [-0.15, -0.1) is 0 Å². The van der Waals surface area contributed by atoms with E-state index in [1.165, 1.54) is 11.6 Å². The van der Waals surface area contributed by atoms with E-state index < -0.39 is 5.60 Å². The Balaban J connectivity index is 1.73. The predicted octanol–water partition coefficient (Wildman–Crippen LogP) is 4.47. The van der Waals surface area contributed by atoms with Gasteiger partial charge in [0.1, 0.15) is 11.4 Å². The van der Waals surface area contributed by atoms with Gasteiger partial charge in [-0.1, -0.05) is 29.8 Å². The molecule has 0 N–H and O–H groups in total. The van der Waals surface area contributed by atoms with Crippen molar-refractivity contribution < 1.29 is 13.9 Å². The number of rotatable bonds is 2. The lowest BCUT2D eigenvalue weighted by Crippen LogP contribution is -2.45. The third kappa shape index (κ3) is 3.57. The van der Waals surface area contributed by atoms with Crippen LogP contribution in [-0.2, 0) is 11.2 Å². The van der Waals surface area contributed by atoms with Crippen molar-refractivity contribution in [3.63, 3.8) is 0 Å². The van der Waals surface area contributed by atoms with E-state index in [4.69, 9.17) is 4.74 Å². The highest BCUT2D eigenvalue weighted by molar-refractivity contribution is 5.70. The maximum atomic E-state index is 13.8. The van der Waals surface area contributed by atoms with Crippen molar-refractivity contribution in [2.45, 2.75) is 64.1 Å². The molecule has 0 saturated carbocycles. The lowest BCUT2D eigenvalue weighted by Gasteiger charge is -2.35. The molecule has 2 bridgehead atoms. The average Bonchev–Trinajstić information content (AvgIpc) is 2.72. The van der Waals surface area contributed by atoms with Gasteiger partial charge in [0.2, 0.25) is 0 Å². The Morgan fingerprint density at radius 1 is 1.30 bits per heavy atom. The largest absolute Gasteiger partial charge is 0.444 e. The van der Waals surface area contributed by atoms with Crippen molar-refractivity contribution in [1.82, 2.24) is 4.90 Å². The fraction of sp³-hybridized carbons (Fsp3) is 0.526. The number of carbonyl (C=O) groups is 1. The predicted molar refractivity (Wildman–Crippen MR) is 87.7 cm³/mol. The zero-order valence-electron chi connectivity index (χ0n) is 14.0. The van der Waals surface area contributed by atoms with E-state index in [0.717, 1.165) is 24.8 Å². The summed E-state index contributed by atoms with van der Waals surface area (Å²) in [5.74, 6) is -0.157. The molecule has 2 unspecified atom stereocenters. The number of carbonyl (C=O) groups excluding carboxylic acids is 1. The lowest BCUT2D eigenvalue weighted by molar-refractivity contribution is 0.0166. The number of ether oxygens (including phenoxy) is 1. The molecule has 0 radical (unpaired) electrons. The summed E-state index contributed by atoms with van der Waals surface area (Å²) in [6, 6.07) is 7.18. The van der Waals surface area contributed by atoms with Crippen molar-refractivity contribution in [3.05, 3.63) is 47.3 Å². The average molecular weight is 317 g/mol. The second-order valence-corrected chi connectivity index (χ2v) is 7.48. The van der Waals surface area contributed by atoms with Crippen LogP contribution < -0.4 is 0 Å². The number of nitrogens with zero attached hydrogens (tertiary/aromatic N) is 1. The molecule has 1 aromatic rings. The van der Waals surface area contributed by atoms with Gasteiger partial charge in [0.05, 0.1) is 6.04 Å². The quantitative estimate of drug-likeness (QED) is 0.753. The molecule has 1 amide bonds. The zero-order chi connectivity index (χ0) is 16.6. The van der Waals surface area contributed by atoms with Crippen LogP contribution in [0.5, 0.6) is 0 Å². The summed E-state index contributed by atoms with van der Waals surface area (Å²) in [5.41, 5.74) is 1.47. The first kappa shape index (κ1) is 16.0. The third-order valence-corrected chi connectivity index (χ3v) is 4.45. The molecule has 1 saturated heterocycles. The molecule has 4 heteroatoms. The lowest BCUT2D eigenvalue weighted by atomic mass is 9.95. The first-order valence-electron chi connectivity index (χ1n) is 8.28. The number of fused-ring (bicyclic) bond motifs is 2. The molecule has 23 heavy (non-hydrogen) atoms. The minimum Gasteiger partial charge on any atom is -0.444 e. The van der Waals surface area contributed by atoms with Gasteiger partial charge >= 0.3 is 6.09 Å². The van der Waals surface area contributed by atoms with Gasteiger partial charge in [0, 0.05) is 6.04 Å². The Labute approximate surface area is 137 Å². The van der Waals surface area contributed by atoms with Gasteiger partial charge in [-0.3, -0.25) is 4.90 Å². The number of halogens is 1. The summed E-state index contributed by atoms with van der Waals surface area (Å²) >= 11 is 0. The van der Waals surface area contributed by atoms with Gasteiger partial charge in [-0.2, -0.15) is 0 Å². The number of benzene rings is 1. The Bertz CT molecular complexity index is 633. The number of hydrogen-bond donors (Lipinski definition) is 0. The van der Waals surface area contributed by atoms with Gasteiger partial charge in [-0.25, -0.2) is 9.18 Å². The Kier molecular flexibility index (Phi) is 4.17. The number of amides is 1. The first-order valence-corrected chi connectivity index (χ1v) is 8.28. The molecule has 124 valence electrons. The maximum absolute atomic E-state index is 13.8. The maximum Gasteiger partial charge on any atom is 0.411 e. The van der Waals surface area contributed by atoms with Crippen LogP contribution in [0.1, 0.15) is 45.6 Å². The van der Waals surface area contributed by atoms with Crippen LogP contribution in [0.15, 0.2) is 35.9 Å². The van der Waals surface area contributed by atoms with E-state index in [9.17, 15) is 9.18 Å². The van der Waals surface area contributed by atoms with Crippen LogP contribution in [0.4, 0.5) is 9.18 Å². The standard InChI is InChI=1S/C19H24FNO2/c1-19(2,3)23-18(22)21-15-8-9-16(21)12-13(11-15)10-14-6-4-5-7-17(14)20/h4-7,11,15-16H,8-10,12H2,1-3H3. The Hall–Kier alpha value is -1.84. The van der Waals surface area contributed by atoms with Crippen molar-refractivity contribution in [1.29, 1.82) is 0 Å². The molecular weight excluding hydrogens is 293 g/mol. The van der Waals surface area contributed by atoms with E-state index in [2.05, 4.69) is 6.08 Å². The molecule has 0 aliphatic carbocycles. The zero-order valence-corrected chi connectivity index (χ0v) is 14.0. The highest BCUT2D eigenvalue weighted by atomic mass is 19.1. The molecule has 0 aromatic heterocycles. The van der Waals surface area contributed by atoms with Crippen molar-refractivity contribution in [3.8, 4) is 0 Å². The summed E-state index contributed by atoms with van der Waals surface area (Å²) < 4.78 is 19.4.